The maximum Gasteiger partial charge on any atom is 0.341 e. The number of halogens is 1. The van der Waals surface area contributed by atoms with Gasteiger partial charge in [0.2, 0.25) is 0 Å². The van der Waals surface area contributed by atoms with E-state index in [2.05, 4.69) is 5.32 Å². The van der Waals surface area contributed by atoms with Gasteiger partial charge in [0.15, 0.2) is 12.4 Å². The third kappa shape index (κ3) is 3.79. The Labute approximate surface area is 131 Å². The fourth-order valence-corrected chi connectivity index (χ4v) is 1.95. The second-order valence-electron chi connectivity index (χ2n) is 4.63. The lowest BCUT2D eigenvalue weighted by Gasteiger charge is -2.08. The molecule has 2 rings (SSSR count). The number of amides is 1. The Balaban J connectivity index is 2.08. The summed E-state index contributed by atoms with van der Waals surface area (Å²) in [6.07, 6.45) is 0. The first-order valence-electron chi connectivity index (χ1n) is 6.39. The van der Waals surface area contributed by atoms with Gasteiger partial charge in [0.25, 0.3) is 5.91 Å². The molecule has 0 bridgehead atoms. The zero-order valence-corrected chi connectivity index (χ0v) is 12.7. The van der Waals surface area contributed by atoms with E-state index in [1.54, 1.807) is 19.1 Å². The minimum atomic E-state index is -1.10. The maximum atomic E-state index is 12.0. The molecule has 0 saturated carbocycles. The molecule has 0 radical (unpaired) electrons. The Bertz CT molecular complexity index is 703. The standard InChI is InChI=1S/C15H14ClNO5/c1-8-5-13(22-9(8)2)15(20)17-10-3-4-12(11(16)6-10)21-7-14(18)19/h3-6H,7H2,1-2H3,(H,17,20)(H,18,19). The molecule has 0 atom stereocenters. The molecule has 1 aromatic carbocycles. The normalized spacial score (nSPS) is 10.3. The third-order valence-corrected chi connectivity index (χ3v) is 3.23. The number of furan rings is 1. The van der Waals surface area contributed by atoms with Crippen LogP contribution < -0.4 is 10.1 Å². The molecule has 6 nitrogen and oxygen atoms in total. The average molecular weight is 324 g/mol. The zero-order chi connectivity index (χ0) is 16.3. The molecule has 0 spiro atoms. The topological polar surface area (TPSA) is 88.8 Å². The van der Waals surface area contributed by atoms with Crippen molar-refractivity contribution in [2.45, 2.75) is 13.8 Å². The SMILES string of the molecule is Cc1cc(C(=O)Nc2ccc(OCC(=O)O)c(Cl)c2)oc1C. The van der Waals surface area contributed by atoms with Crippen molar-refractivity contribution in [3.63, 3.8) is 0 Å². The fraction of sp³-hybridized carbons (Fsp3) is 0.200. The summed E-state index contributed by atoms with van der Waals surface area (Å²) in [5.41, 5.74) is 1.34. The highest BCUT2D eigenvalue weighted by atomic mass is 35.5. The van der Waals surface area contributed by atoms with Crippen LogP contribution in [-0.4, -0.2) is 23.6 Å². The molecular weight excluding hydrogens is 310 g/mol. The molecule has 1 aromatic heterocycles. The van der Waals surface area contributed by atoms with Crippen molar-refractivity contribution >= 4 is 29.2 Å². The molecule has 0 unspecified atom stereocenters. The lowest BCUT2D eigenvalue weighted by atomic mass is 10.2. The highest BCUT2D eigenvalue weighted by Gasteiger charge is 2.13. The molecule has 0 aliphatic rings. The summed E-state index contributed by atoms with van der Waals surface area (Å²) in [6.45, 7) is 3.13. The van der Waals surface area contributed by atoms with Gasteiger partial charge in [-0.15, -0.1) is 0 Å². The van der Waals surface area contributed by atoms with Gasteiger partial charge in [0.05, 0.1) is 5.02 Å². The fourth-order valence-electron chi connectivity index (χ4n) is 1.71. The van der Waals surface area contributed by atoms with Gasteiger partial charge in [-0.3, -0.25) is 4.79 Å². The summed E-state index contributed by atoms with van der Waals surface area (Å²) in [5, 5.41) is 11.4. The predicted octanol–water partition coefficient (Wildman–Crippen LogP) is 3.27. The molecule has 0 fully saturated rings. The first-order valence-corrected chi connectivity index (χ1v) is 6.77. The number of aliphatic carboxylic acids is 1. The van der Waals surface area contributed by atoms with E-state index in [-0.39, 0.29) is 16.5 Å². The number of hydrogen-bond donors (Lipinski definition) is 2. The quantitative estimate of drug-likeness (QED) is 0.881. The number of carboxylic acids is 1. The minimum Gasteiger partial charge on any atom is -0.480 e. The number of anilines is 1. The van der Waals surface area contributed by atoms with Gasteiger partial charge in [0.1, 0.15) is 11.5 Å². The van der Waals surface area contributed by atoms with Gasteiger partial charge in [-0.1, -0.05) is 11.6 Å². The first-order chi connectivity index (χ1) is 10.4. The van der Waals surface area contributed by atoms with E-state index in [0.717, 1.165) is 5.56 Å². The van der Waals surface area contributed by atoms with Gasteiger partial charge in [-0.05, 0) is 43.7 Å². The molecule has 0 aliphatic heterocycles. The molecular formula is C15H14ClNO5. The van der Waals surface area contributed by atoms with E-state index in [1.165, 1.54) is 12.1 Å². The molecule has 2 aromatic rings. The number of nitrogens with one attached hydrogen (secondary N) is 1. The molecule has 1 heterocycles. The number of ether oxygens (including phenoxy) is 1. The van der Waals surface area contributed by atoms with Crippen molar-refractivity contribution in [2.24, 2.45) is 0 Å². The number of hydrogen-bond acceptors (Lipinski definition) is 4. The van der Waals surface area contributed by atoms with Gasteiger partial charge < -0.3 is 19.6 Å². The van der Waals surface area contributed by atoms with E-state index in [9.17, 15) is 9.59 Å². The molecule has 7 heteroatoms. The van der Waals surface area contributed by atoms with E-state index < -0.39 is 18.5 Å². The first kappa shape index (κ1) is 15.9. The largest absolute Gasteiger partial charge is 0.480 e. The van der Waals surface area contributed by atoms with E-state index in [0.29, 0.717) is 11.4 Å². The van der Waals surface area contributed by atoms with E-state index in [4.69, 9.17) is 25.9 Å². The average Bonchev–Trinajstić information content (AvgIpc) is 2.78. The van der Waals surface area contributed by atoms with Crippen LogP contribution in [0.3, 0.4) is 0 Å². The lowest BCUT2D eigenvalue weighted by molar-refractivity contribution is -0.139. The molecule has 0 aliphatic carbocycles. The highest BCUT2D eigenvalue weighted by Crippen LogP contribution is 2.28. The van der Waals surface area contributed by atoms with Crippen LogP contribution in [0.1, 0.15) is 21.9 Å². The van der Waals surface area contributed by atoms with Crippen molar-refractivity contribution in [1.29, 1.82) is 0 Å². The molecule has 0 saturated heterocycles. The number of rotatable bonds is 5. The Morgan fingerprint density at radius 1 is 1.32 bits per heavy atom. The van der Waals surface area contributed by atoms with Crippen LogP contribution in [0.25, 0.3) is 0 Å². The monoisotopic (exact) mass is 323 g/mol. The second kappa shape index (κ2) is 6.53. The van der Waals surface area contributed by atoms with Crippen LogP contribution in [0.2, 0.25) is 5.02 Å². The highest BCUT2D eigenvalue weighted by molar-refractivity contribution is 6.32. The Morgan fingerprint density at radius 2 is 2.05 bits per heavy atom. The number of benzene rings is 1. The predicted molar refractivity (Wildman–Crippen MR) is 80.7 cm³/mol. The molecule has 116 valence electrons. The van der Waals surface area contributed by atoms with Gasteiger partial charge in [-0.25, -0.2) is 4.79 Å². The Morgan fingerprint density at radius 3 is 2.59 bits per heavy atom. The van der Waals surface area contributed by atoms with Crippen molar-refractivity contribution in [1.82, 2.24) is 0 Å². The number of carboxylic acid groups (broad SMARTS) is 1. The summed E-state index contributed by atoms with van der Waals surface area (Å²) in [6, 6.07) is 6.17. The van der Waals surface area contributed by atoms with Gasteiger partial charge in [0, 0.05) is 5.69 Å². The van der Waals surface area contributed by atoms with Crippen molar-refractivity contribution in [3.8, 4) is 5.75 Å². The third-order valence-electron chi connectivity index (χ3n) is 2.93. The molecule has 1 amide bonds. The smallest absolute Gasteiger partial charge is 0.341 e. The van der Waals surface area contributed by atoms with Crippen LogP contribution in [0, 0.1) is 13.8 Å². The summed E-state index contributed by atoms with van der Waals surface area (Å²) >= 11 is 5.98. The van der Waals surface area contributed by atoms with E-state index >= 15 is 0 Å². The van der Waals surface area contributed by atoms with Crippen LogP contribution in [0.15, 0.2) is 28.7 Å². The summed E-state index contributed by atoms with van der Waals surface area (Å²) in [4.78, 5) is 22.5. The Kier molecular flexibility index (Phi) is 4.72. The number of carbonyl (C=O) groups excluding carboxylic acids is 1. The zero-order valence-electron chi connectivity index (χ0n) is 12.0. The van der Waals surface area contributed by atoms with Gasteiger partial charge >= 0.3 is 5.97 Å². The van der Waals surface area contributed by atoms with Crippen LogP contribution in [-0.2, 0) is 4.79 Å². The van der Waals surface area contributed by atoms with Crippen molar-refractivity contribution in [2.75, 3.05) is 11.9 Å². The minimum absolute atomic E-state index is 0.200. The van der Waals surface area contributed by atoms with E-state index in [1.807, 2.05) is 6.92 Å². The number of aryl methyl sites for hydroxylation is 2. The molecule has 22 heavy (non-hydrogen) atoms. The second-order valence-corrected chi connectivity index (χ2v) is 5.04. The number of carbonyl (C=O) groups is 2. The lowest BCUT2D eigenvalue weighted by Crippen LogP contribution is -2.12. The summed E-state index contributed by atoms with van der Waals surface area (Å²) in [5.74, 6) is -0.381. The van der Waals surface area contributed by atoms with Crippen molar-refractivity contribution in [3.05, 3.63) is 46.4 Å². The Hall–Kier alpha value is -2.47. The van der Waals surface area contributed by atoms with Gasteiger partial charge in [-0.2, -0.15) is 0 Å². The van der Waals surface area contributed by atoms with Crippen LogP contribution >= 0.6 is 11.6 Å². The summed E-state index contributed by atoms with van der Waals surface area (Å²) < 4.78 is 10.3. The van der Waals surface area contributed by atoms with Crippen molar-refractivity contribution < 1.29 is 23.8 Å². The van der Waals surface area contributed by atoms with Crippen LogP contribution in [0.5, 0.6) is 5.75 Å². The molecule has 2 N–H and O–H groups in total. The summed E-state index contributed by atoms with van der Waals surface area (Å²) in [7, 11) is 0. The maximum absolute atomic E-state index is 12.0. The van der Waals surface area contributed by atoms with Crippen LogP contribution in [0.4, 0.5) is 5.69 Å².